The van der Waals surface area contributed by atoms with Crippen molar-refractivity contribution in [3.05, 3.63) is 11.6 Å². The number of likely N-dealkylation sites (tertiary alicyclic amines) is 1. The van der Waals surface area contributed by atoms with Crippen LogP contribution in [0.4, 0.5) is 0 Å². The number of rotatable bonds is 3. The van der Waals surface area contributed by atoms with Gasteiger partial charge in [-0.3, -0.25) is 4.90 Å². The van der Waals surface area contributed by atoms with Gasteiger partial charge in [-0.05, 0) is 51.3 Å². The minimum absolute atomic E-state index is 0.218. The normalized spacial score (nSPS) is 39.2. The van der Waals surface area contributed by atoms with Crippen LogP contribution >= 0.6 is 11.8 Å². The monoisotopic (exact) mass is 296 g/mol. The molecule has 4 unspecified atom stereocenters. The lowest BCUT2D eigenvalue weighted by molar-refractivity contribution is -0.0346. The first-order valence-corrected chi connectivity index (χ1v) is 9.26. The minimum Gasteiger partial charge on any atom is -0.377 e. The van der Waals surface area contributed by atoms with Crippen molar-refractivity contribution >= 4 is 11.8 Å². The highest BCUT2D eigenvalue weighted by Gasteiger charge is 2.38. The molecule has 0 saturated carbocycles. The summed E-state index contributed by atoms with van der Waals surface area (Å²) in [6.45, 7) is 1.06. The van der Waals surface area contributed by atoms with Crippen LogP contribution in [-0.2, 0) is 0 Å². The van der Waals surface area contributed by atoms with Gasteiger partial charge in [-0.15, -0.1) is 0 Å². The third kappa shape index (κ3) is 3.08. The molecule has 2 fully saturated rings. The molecular weight excluding hydrogens is 268 g/mol. The standard InChI is InChI=1S/C16H28N2OS/c1-17-14-9-8-12-5-4-7-15(12)18(16(14)19)11-13-6-2-3-10-20-13/h5,13-17,19H,2-4,6-11H2,1H3. The van der Waals surface area contributed by atoms with Gasteiger partial charge in [-0.25, -0.2) is 0 Å². The summed E-state index contributed by atoms with van der Waals surface area (Å²) in [6, 6.07) is 0.723. The molecule has 2 N–H and O–H groups in total. The Morgan fingerprint density at radius 2 is 2.25 bits per heavy atom. The molecule has 4 atom stereocenters. The van der Waals surface area contributed by atoms with E-state index >= 15 is 0 Å². The van der Waals surface area contributed by atoms with E-state index in [4.69, 9.17) is 0 Å². The van der Waals surface area contributed by atoms with Gasteiger partial charge < -0.3 is 10.4 Å². The molecule has 0 spiro atoms. The number of hydrogen-bond acceptors (Lipinski definition) is 4. The third-order valence-electron chi connectivity index (χ3n) is 5.18. The van der Waals surface area contributed by atoms with Gasteiger partial charge in [0, 0.05) is 23.9 Å². The van der Waals surface area contributed by atoms with Crippen molar-refractivity contribution in [2.75, 3.05) is 19.3 Å². The molecule has 0 aromatic carbocycles. The summed E-state index contributed by atoms with van der Waals surface area (Å²) in [5.74, 6) is 1.30. The lowest BCUT2D eigenvalue weighted by atomic mass is 10.0. The Bertz CT molecular complexity index is 354. The van der Waals surface area contributed by atoms with E-state index in [2.05, 4.69) is 28.1 Å². The number of thioether (sulfide) groups is 1. The molecule has 0 radical (unpaired) electrons. The zero-order valence-corrected chi connectivity index (χ0v) is 13.4. The summed E-state index contributed by atoms with van der Waals surface area (Å²) in [6.07, 6.45) is 10.8. The molecule has 2 aliphatic heterocycles. The fourth-order valence-electron chi connectivity index (χ4n) is 4.00. The van der Waals surface area contributed by atoms with Crippen LogP contribution < -0.4 is 5.32 Å². The molecule has 0 bridgehead atoms. The van der Waals surface area contributed by atoms with Crippen LogP contribution in [-0.4, -0.2) is 52.9 Å². The van der Waals surface area contributed by atoms with E-state index in [1.165, 1.54) is 37.9 Å². The summed E-state index contributed by atoms with van der Waals surface area (Å²) in [5.41, 5.74) is 1.59. The highest BCUT2D eigenvalue weighted by Crippen LogP contribution is 2.35. The number of hydrogen-bond donors (Lipinski definition) is 2. The average Bonchev–Trinajstić information content (AvgIpc) is 2.90. The first kappa shape index (κ1) is 14.9. The van der Waals surface area contributed by atoms with Gasteiger partial charge in [0.2, 0.25) is 0 Å². The molecule has 4 heteroatoms. The fraction of sp³-hybridized carbons (Fsp3) is 0.875. The molecule has 3 nitrogen and oxygen atoms in total. The Morgan fingerprint density at radius 1 is 1.35 bits per heavy atom. The van der Waals surface area contributed by atoms with E-state index in [9.17, 15) is 5.11 Å². The smallest absolute Gasteiger partial charge is 0.123 e. The van der Waals surface area contributed by atoms with Crippen molar-refractivity contribution in [1.29, 1.82) is 0 Å². The second-order valence-electron chi connectivity index (χ2n) is 6.41. The van der Waals surface area contributed by atoms with E-state index in [1.54, 1.807) is 5.57 Å². The molecule has 114 valence electrons. The lowest BCUT2D eigenvalue weighted by Gasteiger charge is -2.38. The summed E-state index contributed by atoms with van der Waals surface area (Å²) in [7, 11) is 1.98. The highest BCUT2D eigenvalue weighted by molar-refractivity contribution is 7.99. The number of aliphatic hydroxyl groups excluding tert-OH is 1. The molecule has 20 heavy (non-hydrogen) atoms. The second-order valence-corrected chi connectivity index (χ2v) is 7.81. The Hall–Kier alpha value is -0.0300. The summed E-state index contributed by atoms with van der Waals surface area (Å²) in [4.78, 5) is 2.41. The van der Waals surface area contributed by atoms with Crippen LogP contribution in [0, 0.1) is 0 Å². The predicted molar refractivity (Wildman–Crippen MR) is 86.0 cm³/mol. The number of likely N-dealkylation sites (N-methyl/N-ethyl adjacent to an activating group) is 1. The summed E-state index contributed by atoms with van der Waals surface area (Å²) >= 11 is 2.12. The molecule has 0 aromatic rings. The van der Waals surface area contributed by atoms with Gasteiger partial charge in [-0.1, -0.05) is 18.1 Å². The predicted octanol–water partition coefficient (Wildman–Crippen LogP) is 2.36. The zero-order chi connectivity index (χ0) is 13.9. The molecule has 1 aliphatic carbocycles. The molecule has 2 saturated heterocycles. The first-order chi connectivity index (χ1) is 9.79. The Labute approximate surface area is 127 Å². The van der Waals surface area contributed by atoms with Crippen LogP contribution in [0.3, 0.4) is 0 Å². The average molecular weight is 296 g/mol. The van der Waals surface area contributed by atoms with E-state index in [-0.39, 0.29) is 12.3 Å². The lowest BCUT2D eigenvalue weighted by Crippen LogP contribution is -2.53. The van der Waals surface area contributed by atoms with E-state index in [0.29, 0.717) is 6.04 Å². The van der Waals surface area contributed by atoms with Crippen LogP contribution in [0.15, 0.2) is 11.6 Å². The van der Waals surface area contributed by atoms with Crippen molar-refractivity contribution in [3.63, 3.8) is 0 Å². The van der Waals surface area contributed by atoms with Gasteiger partial charge in [-0.2, -0.15) is 11.8 Å². The Morgan fingerprint density at radius 3 is 3.00 bits per heavy atom. The molecule has 0 amide bonds. The number of nitrogens with zero attached hydrogens (tertiary/aromatic N) is 1. The van der Waals surface area contributed by atoms with Gasteiger partial charge in [0.05, 0.1) is 0 Å². The summed E-state index contributed by atoms with van der Waals surface area (Å²) < 4.78 is 0. The maximum absolute atomic E-state index is 10.8. The Balaban J connectivity index is 1.73. The highest BCUT2D eigenvalue weighted by atomic mass is 32.2. The van der Waals surface area contributed by atoms with Crippen LogP contribution in [0.1, 0.15) is 44.9 Å². The number of aliphatic hydroxyl groups is 1. The van der Waals surface area contributed by atoms with Crippen LogP contribution in [0.5, 0.6) is 0 Å². The quantitative estimate of drug-likeness (QED) is 0.784. The summed E-state index contributed by atoms with van der Waals surface area (Å²) in [5, 5.41) is 14.9. The first-order valence-electron chi connectivity index (χ1n) is 8.21. The maximum atomic E-state index is 10.8. The zero-order valence-electron chi connectivity index (χ0n) is 12.6. The van der Waals surface area contributed by atoms with Gasteiger partial charge >= 0.3 is 0 Å². The molecule has 2 heterocycles. The molecule has 0 aromatic heterocycles. The van der Waals surface area contributed by atoms with Crippen molar-refractivity contribution in [2.24, 2.45) is 0 Å². The third-order valence-corrected chi connectivity index (χ3v) is 6.56. The van der Waals surface area contributed by atoms with Gasteiger partial charge in [0.25, 0.3) is 0 Å². The minimum atomic E-state index is -0.323. The topological polar surface area (TPSA) is 35.5 Å². The maximum Gasteiger partial charge on any atom is 0.123 e. The largest absolute Gasteiger partial charge is 0.377 e. The number of fused-ring (bicyclic) bond motifs is 1. The van der Waals surface area contributed by atoms with Gasteiger partial charge in [0.1, 0.15) is 6.23 Å². The Kier molecular flexibility index (Phi) is 5.08. The number of allylic oxidation sites excluding steroid dienone is 1. The van der Waals surface area contributed by atoms with Crippen molar-refractivity contribution < 1.29 is 5.11 Å². The van der Waals surface area contributed by atoms with E-state index in [0.717, 1.165) is 24.6 Å². The molecular formula is C16H28N2OS. The van der Waals surface area contributed by atoms with E-state index in [1.807, 2.05) is 7.05 Å². The van der Waals surface area contributed by atoms with Gasteiger partial charge in [0.15, 0.2) is 0 Å². The van der Waals surface area contributed by atoms with Crippen molar-refractivity contribution in [1.82, 2.24) is 10.2 Å². The SMILES string of the molecule is CNC1CCC2=CCCC2N(CC2CCCCS2)C1O. The van der Waals surface area contributed by atoms with Crippen LogP contribution in [0.25, 0.3) is 0 Å². The molecule has 3 aliphatic rings. The fourth-order valence-corrected chi connectivity index (χ4v) is 5.31. The van der Waals surface area contributed by atoms with Crippen molar-refractivity contribution in [3.8, 4) is 0 Å². The van der Waals surface area contributed by atoms with Crippen molar-refractivity contribution in [2.45, 2.75) is 68.5 Å². The second kappa shape index (κ2) is 6.82. The molecule has 3 rings (SSSR count). The van der Waals surface area contributed by atoms with Crippen LogP contribution in [0.2, 0.25) is 0 Å². The van der Waals surface area contributed by atoms with E-state index < -0.39 is 0 Å². The number of nitrogens with one attached hydrogen (secondary N) is 1.